The third-order valence-electron chi connectivity index (χ3n) is 3.81. The number of nitrogens with zero attached hydrogens (tertiary/aromatic N) is 4. The first-order valence-electron chi connectivity index (χ1n) is 8.55. The molecule has 6 N–H and O–H groups in total. The Morgan fingerprint density at radius 3 is 2.53 bits per heavy atom. The van der Waals surface area contributed by atoms with Crippen LogP contribution >= 0.6 is 0 Å². The lowest BCUT2D eigenvalue weighted by molar-refractivity contribution is -0.137. The number of aliphatic imine (C=N–C) groups is 1. The summed E-state index contributed by atoms with van der Waals surface area (Å²) in [7, 11) is 0. The molecule has 0 saturated heterocycles. The van der Waals surface area contributed by atoms with Gasteiger partial charge >= 0.3 is 11.9 Å². The van der Waals surface area contributed by atoms with Crippen LogP contribution in [0.5, 0.6) is 5.75 Å². The lowest BCUT2D eigenvalue weighted by Gasteiger charge is -2.09. The molecule has 0 aliphatic rings. The van der Waals surface area contributed by atoms with Gasteiger partial charge in [-0.2, -0.15) is 5.10 Å². The average molecular weight is 411 g/mol. The molecule has 0 atom stereocenters. The zero-order chi connectivity index (χ0) is 21.7. The molecule has 3 aromatic rings. The van der Waals surface area contributed by atoms with Crippen LogP contribution in [0.4, 0.5) is 5.69 Å². The van der Waals surface area contributed by atoms with E-state index in [1.807, 2.05) is 0 Å². The fourth-order valence-corrected chi connectivity index (χ4v) is 2.53. The van der Waals surface area contributed by atoms with E-state index >= 15 is 0 Å². The number of carboxylic acids is 1. The van der Waals surface area contributed by atoms with Crippen molar-refractivity contribution in [1.82, 2.24) is 19.9 Å². The minimum absolute atomic E-state index is 0.101. The normalized spacial score (nSPS) is 10.4. The molecule has 3 rings (SSSR count). The Labute approximate surface area is 169 Å². The number of carbonyl (C=O) groups excluding carboxylic acids is 2. The molecule has 154 valence electrons. The number of aliphatic carboxylic acids is 1. The highest BCUT2D eigenvalue weighted by Gasteiger charge is 2.16. The lowest BCUT2D eigenvalue weighted by Crippen LogP contribution is -2.31. The minimum atomic E-state index is -1.15. The zero-order valence-corrected chi connectivity index (χ0v) is 15.5. The molecule has 12 nitrogen and oxygen atoms in total. The Morgan fingerprint density at radius 1 is 1.13 bits per heavy atom. The van der Waals surface area contributed by atoms with E-state index < -0.39 is 24.4 Å². The molecule has 0 radical (unpaired) electrons. The van der Waals surface area contributed by atoms with E-state index in [-0.39, 0.29) is 29.3 Å². The maximum Gasteiger partial charge on any atom is 0.343 e. The number of ether oxygens (including phenoxy) is 1. The molecular formula is C18H17N7O5. The van der Waals surface area contributed by atoms with Crippen LogP contribution in [0.2, 0.25) is 0 Å². The van der Waals surface area contributed by atoms with Gasteiger partial charge in [-0.3, -0.25) is 9.59 Å². The van der Waals surface area contributed by atoms with Crippen molar-refractivity contribution < 1.29 is 24.2 Å². The van der Waals surface area contributed by atoms with E-state index in [2.05, 4.69) is 20.4 Å². The number of esters is 1. The van der Waals surface area contributed by atoms with E-state index in [1.54, 1.807) is 12.1 Å². The highest BCUT2D eigenvalue weighted by molar-refractivity contribution is 5.92. The quantitative estimate of drug-likeness (QED) is 0.228. The van der Waals surface area contributed by atoms with Gasteiger partial charge in [0.05, 0.1) is 23.4 Å². The highest BCUT2D eigenvalue weighted by atomic mass is 16.5. The number of hydrogen-bond donors (Lipinski definition) is 4. The summed E-state index contributed by atoms with van der Waals surface area (Å²) in [6.07, 6.45) is 1.11. The molecule has 0 unspecified atom stereocenters. The monoisotopic (exact) mass is 411 g/mol. The minimum Gasteiger partial charge on any atom is -0.480 e. The SMILES string of the molecule is NC(N)=Nc1ccc(C(=O)Oc2ccc(CC(=O)NCC(=O)O)n3ncnc23)cc1. The van der Waals surface area contributed by atoms with Crippen molar-refractivity contribution in [2.45, 2.75) is 6.42 Å². The van der Waals surface area contributed by atoms with Gasteiger partial charge in [-0.25, -0.2) is 19.3 Å². The number of rotatable bonds is 7. The van der Waals surface area contributed by atoms with Crippen molar-refractivity contribution >= 4 is 35.1 Å². The van der Waals surface area contributed by atoms with Crippen LogP contribution in [0.25, 0.3) is 5.65 Å². The van der Waals surface area contributed by atoms with E-state index in [0.29, 0.717) is 11.4 Å². The third-order valence-corrected chi connectivity index (χ3v) is 3.81. The number of amides is 1. The van der Waals surface area contributed by atoms with Crippen molar-refractivity contribution in [3.8, 4) is 5.75 Å². The van der Waals surface area contributed by atoms with Crippen molar-refractivity contribution in [3.05, 3.63) is 54.0 Å². The number of aromatic nitrogens is 3. The number of carboxylic acid groups (broad SMARTS) is 1. The van der Waals surface area contributed by atoms with Gasteiger partial charge in [0.2, 0.25) is 5.91 Å². The second-order valence-electron chi connectivity index (χ2n) is 6.00. The summed E-state index contributed by atoms with van der Waals surface area (Å²) in [5.41, 5.74) is 12.0. The Bertz CT molecular complexity index is 1130. The number of pyridine rings is 1. The number of benzene rings is 1. The fraction of sp³-hybridized carbons (Fsp3) is 0.111. The van der Waals surface area contributed by atoms with Gasteiger partial charge in [0.1, 0.15) is 12.9 Å². The van der Waals surface area contributed by atoms with Crippen LogP contribution in [0.15, 0.2) is 47.7 Å². The Kier molecular flexibility index (Phi) is 5.86. The summed E-state index contributed by atoms with van der Waals surface area (Å²) in [6.45, 7) is -0.489. The predicted octanol–water partition coefficient (Wildman–Crippen LogP) is -0.403. The van der Waals surface area contributed by atoms with Gasteiger partial charge in [-0.1, -0.05) is 0 Å². The lowest BCUT2D eigenvalue weighted by atomic mass is 10.2. The Balaban J connectivity index is 1.76. The second kappa shape index (κ2) is 8.68. The summed E-state index contributed by atoms with van der Waals surface area (Å²) >= 11 is 0. The van der Waals surface area contributed by atoms with Gasteiger partial charge in [0.15, 0.2) is 17.4 Å². The predicted molar refractivity (Wildman–Crippen MR) is 104 cm³/mol. The van der Waals surface area contributed by atoms with Crippen LogP contribution in [-0.2, 0) is 16.0 Å². The molecule has 1 amide bonds. The van der Waals surface area contributed by atoms with E-state index in [4.69, 9.17) is 21.3 Å². The van der Waals surface area contributed by atoms with Gasteiger partial charge in [0, 0.05) is 0 Å². The van der Waals surface area contributed by atoms with Crippen LogP contribution in [0.1, 0.15) is 16.1 Å². The fourth-order valence-electron chi connectivity index (χ4n) is 2.53. The van der Waals surface area contributed by atoms with Crippen LogP contribution in [0.3, 0.4) is 0 Å². The summed E-state index contributed by atoms with van der Waals surface area (Å²) < 4.78 is 6.74. The van der Waals surface area contributed by atoms with E-state index in [1.165, 1.54) is 35.1 Å². The molecule has 1 aromatic carbocycles. The molecule has 0 fully saturated rings. The molecule has 0 saturated carbocycles. The molecule has 0 spiro atoms. The van der Waals surface area contributed by atoms with Gasteiger partial charge in [-0.05, 0) is 36.4 Å². The first kappa shape index (κ1) is 20.3. The van der Waals surface area contributed by atoms with Crippen LogP contribution in [0, 0.1) is 0 Å². The molecular weight excluding hydrogens is 394 g/mol. The van der Waals surface area contributed by atoms with Crippen molar-refractivity contribution in [3.63, 3.8) is 0 Å². The van der Waals surface area contributed by atoms with Crippen molar-refractivity contribution in [2.24, 2.45) is 16.5 Å². The third kappa shape index (κ3) is 4.86. The van der Waals surface area contributed by atoms with Gasteiger partial charge < -0.3 is 26.6 Å². The summed E-state index contributed by atoms with van der Waals surface area (Å²) in [6, 6.07) is 9.14. The van der Waals surface area contributed by atoms with Crippen molar-refractivity contribution in [2.75, 3.05) is 6.54 Å². The topological polar surface area (TPSA) is 187 Å². The van der Waals surface area contributed by atoms with Gasteiger partial charge in [-0.15, -0.1) is 0 Å². The Morgan fingerprint density at radius 2 is 1.87 bits per heavy atom. The maximum atomic E-state index is 12.4. The molecule has 30 heavy (non-hydrogen) atoms. The first-order valence-corrected chi connectivity index (χ1v) is 8.55. The second-order valence-corrected chi connectivity index (χ2v) is 6.00. The standard InChI is InChI=1S/C18H17N7O5/c19-18(20)24-11-3-1-10(2-4-11)17(29)30-13-6-5-12(25-16(13)22-9-23-25)7-14(26)21-8-15(27)28/h1-6,9H,7-8H2,(H,21,26)(H,27,28)(H4,19,20,24). The molecule has 2 heterocycles. The zero-order valence-electron chi connectivity index (χ0n) is 15.5. The number of hydrogen-bond acceptors (Lipinski definition) is 7. The Hall–Kier alpha value is -4.48. The highest BCUT2D eigenvalue weighted by Crippen LogP contribution is 2.21. The summed E-state index contributed by atoms with van der Waals surface area (Å²) in [5, 5.41) is 14.9. The van der Waals surface area contributed by atoms with Crippen LogP contribution in [-0.4, -0.2) is 50.1 Å². The summed E-state index contributed by atoms with van der Waals surface area (Å²) in [4.78, 5) is 42.8. The van der Waals surface area contributed by atoms with E-state index in [9.17, 15) is 14.4 Å². The van der Waals surface area contributed by atoms with Crippen molar-refractivity contribution in [1.29, 1.82) is 0 Å². The molecule has 12 heteroatoms. The maximum absolute atomic E-state index is 12.4. The number of carbonyl (C=O) groups is 3. The largest absolute Gasteiger partial charge is 0.480 e. The molecule has 0 aliphatic heterocycles. The van der Waals surface area contributed by atoms with Crippen LogP contribution < -0.4 is 21.5 Å². The summed E-state index contributed by atoms with van der Waals surface area (Å²) in [5.74, 6) is -2.25. The van der Waals surface area contributed by atoms with E-state index in [0.717, 1.165) is 0 Å². The molecule has 0 aliphatic carbocycles. The smallest absolute Gasteiger partial charge is 0.343 e. The number of nitrogens with two attached hydrogens (primary N) is 2. The van der Waals surface area contributed by atoms with Gasteiger partial charge in [0.25, 0.3) is 0 Å². The number of guanidine groups is 1. The number of nitrogens with one attached hydrogen (secondary N) is 1. The first-order chi connectivity index (χ1) is 14.3. The number of fused-ring (bicyclic) bond motifs is 1. The molecule has 2 aromatic heterocycles. The molecule has 0 bridgehead atoms. The average Bonchev–Trinajstić information content (AvgIpc) is 3.19.